The van der Waals surface area contributed by atoms with Gasteiger partial charge in [-0.15, -0.1) is 0 Å². The third-order valence-corrected chi connectivity index (χ3v) is 9.07. The van der Waals surface area contributed by atoms with Crippen LogP contribution in [0.15, 0.2) is 0 Å². The lowest BCUT2D eigenvalue weighted by Gasteiger charge is -2.27. The first-order chi connectivity index (χ1) is 21.0. The summed E-state index contributed by atoms with van der Waals surface area (Å²) in [6.45, 7) is 4.02. The largest absolute Gasteiger partial charge is 0.394 e. The average molecular weight is 614 g/mol. The number of aliphatic hydroxyl groups is 4. The first-order valence-electron chi connectivity index (χ1n) is 18.9. The fourth-order valence-electron chi connectivity index (χ4n) is 5.99. The van der Waals surface area contributed by atoms with Crippen molar-refractivity contribution in [3.8, 4) is 0 Å². The quantitative estimate of drug-likeness (QED) is 0.0466. The van der Waals surface area contributed by atoms with Gasteiger partial charge in [0.05, 0.1) is 18.8 Å². The Hall–Kier alpha value is -0.690. The molecule has 0 rings (SSSR count). The summed E-state index contributed by atoms with van der Waals surface area (Å²) >= 11 is 0. The number of carbonyl (C=O) groups is 1. The monoisotopic (exact) mass is 614 g/mol. The van der Waals surface area contributed by atoms with Crippen molar-refractivity contribution in [3.05, 3.63) is 0 Å². The van der Waals surface area contributed by atoms with E-state index in [1.54, 1.807) is 0 Å². The van der Waals surface area contributed by atoms with Gasteiger partial charge in [-0.2, -0.15) is 0 Å². The lowest BCUT2D eigenvalue weighted by molar-refractivity contribution is -0.132. The topological polar surface area (TPSA) is 110 Å². The van der Waals surface area contributed by atoms with Gasteiger partial charge in [0.15, 0.2) is 0 Å². The van der Waals surface area contributed by atoms with Crippen molar-refractivity contribution >= 4 is 5.91 Å². The molecular formula is C37H75NO5. The zero-order valence-electron chi connectivity index (χ0n) is 28.7. The van der Waals surface area contributed by atoms with Gasteiger partial charge in [0.1, 0.15) is 12.2 Å². The number of hydrogen-bond acceptors (Lipinski definition) is 5. The highest BCUT2D eigenvalue weighted by Gasteiger charge is 2.28. The Morgan fingerprint density at radius 3 is 1.12 bits per heavy atom. The lowest BCUT2D eigenvalue weighted by atomic mass is 9.99. The maximum atomic E-state index is 12.4. The van der Waals surface area contributed by atoms with E-state index in [0.29, 0.717) is 12.8 Å². The van der Waals surface area contributed by atoms with Gasteiger partial charge in [-0.05, 0) is 12.8 Å². The van der Waals surface area contributed by atoms with Crippen molar-refractivity contribution < 1.29 is 25.2 Å². The predicted octanol–water partition coefficient (Wildman–Crippen LogP) is 8.90. The number of unbranched alkanes of at least 4 members (excludes halogenated alkanes) is 25. The molecule has 3 unspecified atom stereocenters. The van der Waals surface area contributed by atoms with Crippen molar-refractivity contribution in [2.24, 2.45) is 0 Å². The maximum Gasteiger partial charge on any atom is 0.249 e. The molecule has 5 N–H and O–H groups in total. The number of rotatable bonds is 34. The van der Waals surface area contributed by atoms with E-state index >= 15 is 0 Å². The summed E-state index contributed by atoms with van der Waals surface area (Å²) in [5.74, 6) is -0.584. The summed E-state index contributed by atoms with van der Waals surface area (Å²) in [6, 6.07) is -0.976. The molecule has 0 aromatic carbocycles. The molecule has 0 aliphatic heterocycles. The Morgan fingerprint density at radius 2 is 0.791 bits per heavy atom. The minimum atomic E-state index is -1.25. The molecule has 0 spiro atoms. The second-order valence-electron chi connectivity index (χ2n) is 13.3. The number of hydrogen-bond donors (Lipinski definition) is 5. The molecule has 0 saturated heterocycles. The molecule has 0 aliphatic carbocycles. The number of carbonyl (C=O) groups excluding carboxylic acids is 1. The van der Waals surface area contributed by atoms with Crippen molar-refractivity contribution in [3.63, 3.8) is 0 Å². The number of amides is 1. The van der Waals surface area contributed by atoms with Crippen LogP contribution in [0, 0.1) is 0 Å². The SMILES string of the molecule is CCCCCCCCCCCCCCCCCCCC(O)C(O)C(CO)NC(=O)[C@H](O)CCCCCCCCCCCC. The summed E-state index contributed by atoms with van der Waals surface area (Å²) in [4.78, 5) is 12.4. The second kappa shape index (κ2) is 32.7. The fraction of sp³-hybridized carbons (Fsp3) is 0.973. The molecule has 0 fully saturated rings. The number of nitrogens with one attached hydrogen (secondary N) is 1. The van der Waals surface area contributed by atoms with E-state index in [0.717, 1.165) is 38.5 Å². The van der Waals surface area contributed by atoms with Gasteiger partial charge in [0.25, 0.3) is 0 Å². The Labute approximate surface area is 267 Å². The Kier molecular flexibility index (Phi) is 32.2. The van der Waals surface area contributed by atoms with Crippen LogP contribution in [0.3, 0.4) is 0 Å². The van der Waals surface area contributed by atoms with Gasteiger partial charge in [-0.3, -0.25) is 4.79 Å². The Bertz CT molecular complexity index is 575. The molecule has 6 nitrogen and oxygen atoms in total. The molecule has 4 atom stereocenters. The maximum absolute atomic E-state index is 12.4. The third-order valence-electron chi connectivity index (χ3n) is 9.07. The van der Waals surface area contributed by atoms with Gasteiger partial charge in [-0.25, -0.2) is 0 Å². The lowest BCUT2D eigenvalue weighted by Crippen LogP contribution is -2.53. The van der Waals surface area contributed by atoms with Crippen LogP contribution in [0.1, 0.15) is 200 Å². The molecule has 0 saturated carbocycles. The minimum Gasteiger partial charge on any atom is -0.394 e. The third kappa shape index (κ3) is 27.4. The van der Waals surface area contributed by atoms with Gasteiger partial charge < -0.3 is 25.7 Å². The standard InChI is InChI=1S/C37H75NO5/c1-3-5-7-9-11-13-15-16-17-18-19-20-21-23-24-26-28-30-34(40)36(42)33(32-39)38-37(43)35(41)31-29-27-25-22-14-12-10-8-6-4-2/h33-36,39-42H,3-32H2,1-2H3,(H,38,43)/t33?,34?,35-,36?/m1/s1. The van der Waals surface area contributed by atoms with Crippen LogP contribution in [-0.4, -0.2) is 57.3 Å². The van der Waals surface area contributed by atoms with Gasteiger partial charge in [0.2, 0.25) is 5.91 Å². The number of aliphatic hydroxyl groups excluding tert-OH is 4. The van der Waals surface area contributed by atoms with E-state index in [-0.39, 0.29) is 0 Å². The fourth-order valence-corrected chi connectivity index (χ4v) is 5.99. The Balaban J connectivity index is 3.75. The molecule has 1 amide bonds. The Morgan fingerprint density at radius 1 is 0.488 bits per heavy atom. The van der Waals surface area contributed by atoms with Crippen LogP contribution in [0.5, 0.6) is 0 Å². The van der Waals surface area contributed by atoms with Crippen LogP contribution >= 0.6 is 0 Å². The first kappa shape index (κ1) is 42.3. The summed E-state index contributed by atoms with van der Waals surface area (Å²) in [5, 5.41) is 43.4. The van der Waals surface area contributed by atoms with Crippen molar-refractivity contribution in [1.82, 2.24) is 5.32 Å². The highest BCUT2D eigenvalue weighted by molar-refractivity contribution is 5.80. The van der Waals surface area contributed by atoms with Gasteiger partial charge >= 0.3 is 0 Å². The van der Waals surface area contributed by atoms with Crippen molar-refractivity contribution in [1.29, 1.82) is 0 Å². The van der Waals surface area contributed by atoms with E-state index in [2.05, 4.69) is 19.2 Å². The smallest absolute Gasteiger partial charge is 0.249 e. The summed E-state index contributed by atoms with van der Waals surface area (Å²) < 4.78 is 0. The molecule has 0 heterocycles. The summed E-state index contributed by atoms with van der Waals surface area (Å²) in [7, 11) is 0. The molecule has 258 valence electrons. The van der Waals surface area contributed by atoms with E-state index in [1.165, 1.54) is 135 Å². The molecule has 0 aromatic heterocycles. The second-order valence-corrected chi connectivity index (χ2v) is 13.3. The van der Waals surface area contributed by atoms with Crippen LogP contribution < -0.4 is 5.32 Å². The molecular weight excluding hydrogens is 538 g/mol. The highest BCUT2D eigenvalue weighted by Crippen LogP contribution is 2.16. The van der Waals surface area contributed by atoms with Crippen LogP contribution in [-0.2, 0) is 4.79 Å². The van der Waals surface area contributed by atoms with Gasteiger partial charge in [0, 0.05) is 0 Å². The molecule has 0 radical (unpaired) electrons. The van der Waals surface area contributed by atoms with Crippen molar-refractivity contribution in [2.75, 3.05) is 6.61 Å². The minimum absolute atomic E-state index is 0.373. The van der Waals surface area contributed by atoms with E-state index in [1.807, 2.05) is 0 Å². The highest BCUT2D eigenvalue weighted by atomic mass is 16.3. The average Bonchev–Trinajstić information content (AvgIpc) is 3.01. The predicted molar refractivity (Wildman–Crippen MR) is 182 cm³/mol. The molecule has 6 heteroatoms. The zero-order chi connectivity index (χ0) is 31.8. The van der Waals surface area contributed by atoms with E-state index in [9.17, 15) is 25.2 Å². The molecule has 43 heavy (non-hydrogen) atoms. The normalized spacial score (nSPS) is 14.5. The summed E-state index contributed by atoms with van der Waals surface area (Å²) in [5.41, 5.74) is 0. The van der Waals surface area contributed by atoms with E-state index < -0.39 is 36.9 Å². The molecule has 0 bridgehead atoms. The van der Waals surface area contributed by atoms with Crippen LogP contribution in [0.2, 0.25) is 0 Å². The van der Waals surface area contributed by atoms with Crippen molar-refractivity contribution in [2.45, 2.75) is 224 Å². The first-order valence-corrected chi connectivity index (χ1v) is 18.9. The van der Waals surface area contributed by atoms with Crippen LogP contribution in [0.4, 0.5) is 0 Å². The zero-order valence-corrected chi connectivity index (χ0v) is 28.7. The van der Waals surface area contributed by atoms with Gasteiger partial charge in [-0.1, -0.05) is 187 Å². The summed E-state index contributed by atoms with van der Waals surface area (Å²) in [6.07, 6.45) is 31.3. The van der Waals surface area contributed by atoms with E-state index in [4.69, 9.17) is 0 Å². The van der Waals surface area contributed by atoms with Crippen LogP contribution in [0.25, 0.3) is 0 Å². The molecule has 0 aliphatic rings. The molecule has 0 aromatic rings.